The van der Waals surface area contributed by atoms with Gasteiger partial charge in [-0.2, -0.15) is 5.21 Å². The zero-order chi connectivity index (χ0) is 8.97. The van der Waals surface area contributed by atoms with Crippen LogP contribution in [0.15, 0.2) is 12.2 Å². The lowest BCUT2D eigenvalue weighted by Crippen LogP contribution is -2.06. The minimum atomic E-state index is -0.459. The Balaban J connectivity index is 2.53. The number of methoxy groups -OCH3 is 1. The quantitative estimate of drug-likeness (QED) is 0.484. The highest BCUT2D eigenvalue weighted by atomic mass is 16.5. The molecule has 1 aromatic heterocycles. The van der Waals surface area contributed by atoms with Crippen LogP contribution < -0.4 is 0 Å². The number of aromatic nitrogens is 4. The third-order valence-electron chi connectivity index (χ3n) is 1.23. The number of rotatable bonds is 3. The van der Waals surface area contributed by atoms with E-state index in [1.807, 2.05) is 0 Å². The smallest absolute Gasteiger partial charge is 0.333 e. The van der Waals surface area contributed by atoms with Crippen molar-refractivity contribution in [1.29, 1.82) is 0 Å². The summed E-state index contributed by atoms with van der Waals surface area (Å²) in [6, 6.07) is 0. The zero-order valence-corrected chi connectivity index (χ0v) is 6.57. The summed E-state index contributed by atoms with van der Waals surface area (Å²) in [6.45, 7) is 3.50. The normalized spacial score (nSPS) is 9.42. The van der Waals surface area contributed by atoms with Gasteiger partial charge in [0.1, 0.15) is 0 Å². The standard InChI is InChI=1S/C6H8N4O2/c1-4(6(11)12-2)3-5-7-9-10-8-5/h1,3H2,2H3,(H,7,8,9,10). The zero-order valence-electron chi connectivity index (χ0n) is 6.57. The van der Waals surface area contributed by atoms with Crippen molar-refractivity contribution in [1.82, 2.24) is 20.6 Å². The molecule has 12 heavy (non-hydrogen) atoms. The third kappa shape index (κ3) is 1.88. The van der Waals surface area contributed by atoms with Crippen LogP contribution in [0, 0.1) is 0 Å². The van der Waals surface area contributed by atoms with Crippen molar-refractivity contribution in [2.75, 3.05) is 7.11 Å². The molecule has 1 aromatic rings. The topological polar surface area (TPSA) is 80.8 Å². The number of aromatic amines is 1. The number of nitrogens with zero attached hydrogens (tertiary/aromatic N) is 3. The predicted octanol–water partition coefficient (Wildman–Crippen LogP) is -0.529. The van der Waals surface area contributed by atoms with Crippen molar-refractivity contribution < 1.29 is 9.53 Å². The van der Waals surface area contributed by atoms with E-state index in [4.69, 9.17) is 0 Å². The van der Waals surface area contributed by atoms with E-state index in [0.29, 0.717) is 11.4 Å². The molecule has 0 amide bonds. The lowest BCUT2D eigenvalue weighted by Gasteiger charge is -1.98. The maximum atomic E-state index is 10.8. The number of hydrogen-bond donors (Lipinski definition) is 1. The molecule has 0 radical (unpaired) electrons. The number of nitrogens with one attached hydrogen (secondary N) is 1. The van der Waals surface area contributed by atoms with Gasteiger partial charge < -0.3 is 4.74 Å². The Morgan fingerprint density at radius 2 is 2.50 bits per heavy atom. The summed E-state index contributed by atoms with van der Waals surface area (Å²) in [5, 5.41) is 12.9. The first-order chi connectivity index (χ1) is 5.74. The van der Waals surface area contributed by atoms with Gasteiger partial charge in [0.2, 0.25) is 0 Å². The highest BCUT2D eigenvalue weighted by molar-refractivity contribution is 5.87. The Kier molecular flexibility index (Phi) is 2.52. The highest BCUT2D eigenvalue weighted by Gasteiger charge is 2.09. The monoisotopic (exact) mass is 168 g/mol. The van der Waals surface area contributed by atoms with E-state index in [1.165, 1.54) is 7.11 Å². The molecular weight excluding hydrogens is 160 g/mol. The summed E-state index contributed by atoms with van der Waals surface area (Å²) in [4.78, 5) is 10.8. The number of hydrogen-bond acceptors (Lipinski definition) is 5. The number of tetrazole rings is 1. The maximum Gasteiger partial charge on any atom is 0.333 e. The van der Waals surface area contributed by atoms with E-state index in [2.05, 4.69) is 31.9 Å². The number of carbonyl (C=O) groups excluding carboxylic acids is 1. The van der Waals surface area contributed by atoms with Crippen LogP contribution in [0.2, 0.25) is 0 Å². The van der Waals surface area contributed by atoms with Crippen LogP contribution >= 0.6 is 0 Å². The molecule has 0 unspecified atom stereocenters. The van der Waals surface area contributed by atoms with Gasteiger partial charge in [0.25, 0.3) is 0 Å². The molecule has 0 bridgehead atoms. The number of H-pyrrole nitrogens is 1. The first-order valence-corrected chi connectivity index (χ1v) is 3.22. The molecule has 0 aliphatic carbocycles. The molecule has 6 nitrogen and oxygen atoms in total. The molecule has 0 aliphatic heterocycles. The molecule has 6 heteroatoms. The average molecular weight is 168 g/mol. The number of ether oxygens (including phenoxy) is 1. The molecule has 0 aliphatic rings. The Bertz CT molecular complexity index is 280. The van der Waals surface area contributed by atoms with Crippen LogP contribution in [-0.4, -0.2) is 33.7 Å². The van der Waals surface area contributed by atoms with Crippen LogP contribution in [0.4, 0.5) is 0 Å². The van der Waals surface area contributed by atoms with Gasteiger partial charge in [-0.25, -0.2) is 4.79 Å². The maximum absolute atomic E-state index is 10.8. The largest absolute Gasteiger partial charge is 0.466 e. The summed E-state index contributed by atoms with van der Waals surface area (Å²) in [5.74, 6) is -0.0369. The van der Waals surface area contributed by atoms with E-state index in [9.17, 15) is 4.79 Å². The van der Waals surface area contributed by atoms with Gasteiger partial charge in [-0.3, -0.25) is 0 Å². The first-order valence-electron chi connectivity index (χ1n) is 3.22. The summed E-state index contributed by atoms with van der Waals surface area (Å²) < 4.78 is 4.44. The van der Waals surface area contributed by atoms with Crippen molar-refractivity contribution in [3.63, 3.8) is 0 Å². The van der Waals surface area contributed by atoms with Gasteiger partial charge in [-0.05, 0) is 0 Å². The number of carbonyl (C=O) groups is 1. The van der Waals surface area contributed by atoms with Gasteiger partial charge in [0, 0.05) is 12.0 Å². The van der Waals surface area contributed by atoms with Gasteiger partial charge in [0.15, 0.2) is 5.82 Å². The first kappa shape index (κ1) is 8.38. The van der Waals surface area contributed by atoms with Gasteiger partial charge in [-0.1, -0.05) is 11.8 Å². The fourth-order valence-electron chi connectivity index (χ4n) is 0.665. The second-order valence-corrected chi connectivity index (χ2v) is 2.10. The van der Waals surface area contributed by atoms with E-state index in [-0.39, 0.29) is 6.42 Å². The second kappa shape index (κ2) is 3.61. The molecule has 0 fully saturated rings. The van der Waals surface area contributed by atoms with Crippen molar-refractivity contribution in [3.05, 3.63) is 18.0 Å². The Morgan fingerprint density at radius 1 is 1.75 bits per heavy atom. The minimum absolute atomic E-state index is 0.253. The van der Waals surface area contributed by atoms with Crippen molar-refractivity contribution in [3.8, 4) is 0 Å². The van der Waals surface area contributed by atoms with Crippen LogP contribution in [0.25, 0.3) is 0 Å². The second-order valence-electron chi connectivity index (χ2n) is 2.10. The third-order valence-corrected chi connectivity index (χ3v) is 1.23. The van der Waals surface area contributed by atoms with Crippen LogP contribution in [-0.2, 0) is 16.0 Å². The number of esters is 1. The van der Waals surface area contributed by atoms with E-state index in [1.54, 1.807) is 0 Å². The average Bonchev–Trinajstić information content (AvgIpc) is 2.55. The van der Waals surface area contributed by atoms with Gasteiger partial charge in [0.05, 0.1) is 7.11 Å². The molecule has 64 valence electrons. The van der Waals surface area contributed by atoms with Crippen LogP contribution in [0.5, 0.6) is 0 Å². The molecule has 0 saturated heterocycles. The Hall–Kier alpha value is -1.72. The Labute approximate surface area is 68.6 Å². The highest BCUT2D eigenvalue weighted by Crippen LogP contribution is 2.00. The van der Waals surface area contributed by atoms with Gasteiger partial charge >= 0.3 is 5.97 Å². The molecule has 1 rings (SSSR count). The SMILES string of the molecule is C=C(Cc1nn[nH]n1)C(=O)OC. The fraction of sp³-hybridized carbons (Fsp3) is 0.333. The lowest BCUT2D eigenvalue weighted by molar-refractivity contribution is -0.136. The molecule has 1 N–H and O–H groups in total. The predicted molar refractivity (Wildman–Crippen MR) is 39.0 cm³/mol. The van der Waals surface area contributed by atoms with Crippen LogP contribution in [0.3, 0.4) is 0 Å². The molecule has 0 saturated carbocycles. The fourth-order valence-corrected chi connectivity index (χ4v) is 0.665. The molecule has 0 spiro atoms. The van der Waals surface area contributed by atoms with E-state index >= 15 is 0 Å². The Morgan fingerprint density at radius 3 is 3.00 bits per heavy atom. The summed E-state index contributed by atoms with van der Waals surface area (Å²) in [5.41, 5.74) is 0.305. The summed E-state index contributed by atoms with van der Waals surface area (Å²) in [6.07, 6.45) is 0.253. The molecule has 1 heterocycles. The van der Waals surface area contributed by atoms with E-state index in [0.717, 1.165) is 0 Å². The van der Waals surface area contributed by atoms with Crippen molar-refractivity contribution in [2.24, 2.45) is 0 Å². The van der Waals surface area contributed by atoms with Crippen molar-refractivity contribution >= 4 is 5.97 Å². The molecule has 0 atom stereocenters. The van der Waals surface area contributed by atoms with Gasteiger partial charge in [-0.15, -0.1) is 10.2 Å². The summed E-state index contributed by atoms with van der Waals surface area (Å²) in [7, 11) is 1.30. The molecule has 0 aromatic carbocycles. The lowest BCUT2D eigenvalue weighted by atomic mass is 10.2. The summed E-state index contributed by atoms with van der Waals surface area (Å²) >= 11 is 0. The van der Waals surface area contributed by atoms with Crippen molar-refractivity contribution in [2.45, 2.75) is 6.42 Å². The van der Waals surface area contributed by atoms with E-state index < -0.39 is 5.97 Å². The van der Waals surface area contributed by atoms with Crippen LogP contribution in [0.1, 0.15) is 5.82 Å². The molecular formula is C6H8N4O2. The minimum Gasteiger partial charge on any atom is -0.466 e.